The minimum absolute atomic E-state index is 0.0367. The number of hydrogen-bond acceptors (Lipinski definition) is 5. The van der Waals surface area contributed by atoms with Crippen LogP contribution in [0.3, 0.4) is 0 Å². The Labute approximate surface area is 173 Å². The lowest BCUT2D eigenvalue weighted by atomic mass is 9.45. The number of carbonyl (C=O) groups excluding carboxylic acids is 2. The Morgan fingerprint density at radius 1 is 1.10 bits per heavy atom. The van der Waals surface area contributed by atoms with E-state index in [1.807, 2.05) is 6.21 Å². The number of nitrogens with zero attached hydrogens (tertiary/aromatic N) is 2. The lowest BCUT2D eigenvalue weighted by Crippen LogP contribution is -2.55. The van der Waals surface area contributed by atoms with Gasteiger partial charge in [-0.05, 0) is 74.0 Å². The first-order valence-electron chi connectivity index (χ1n) is 11.2. The number of carbonyl (C=O) groups is 2. The van der Waals surface area contributed by atoms with Crippen molar-refractivity contribution < 1.29 is 14.3 Å². The Morgan fingerprint density at radius 3 is 2.62 bits per heavy atom. The minimum Gasteiger partial charge on any atom is -0.462 e. The van der Waals surface area contributed by atoms with Gasteiger partial charge in [-0.3, -0.25) is 9.59 Å². The first kappa shape index (κ1) is 19.2. The molecule has 0 aromatic rings. The highest BCUT2D eigenvalue weighted by molar-refractivity contribution is 6.24. The van der Waals surface area contributed by atoms with Crippen molar-refractivity contribution >= 4 is 23.7 Å². The van der Waals surface area contributed by atoms with Gasteiger partial charge in [-0.2, -0.15) is 10.2 Å². The van der Waals surface area contributed by atoms with Crippen LogP contribution in [0.2, 0.25) is 0 Å². The van der Waals surface area contributed by atoms with Gasteiger partial charge in [-0.1, -0.05) is 25.5 Å². The van der Waals surface area contributed by atoms with Crippen LogP contribution in [-0.2, 0) is 14.3 Å². The monoisotopic (exact) mass is 396 g/mol. The number of Topliss-reactive ketones (excluding diaryl/α,β-unsaturated/α-hetero) is 1. The Morgan fingerprint density at radius 2 is 1.90 bits per heavy atom. The molecule has 5 nitrogen and oxygen atoms in total. The van der Waals surface area contributed by atoms with Crippen molar-refractivity contribution in [2.24, 2.45) is 44.2 Å². The molecule has 0 unspecified atom stereocenters. The van der Waals surface area contributed by atoms with E-state index >= 15 is 0 Å². The molecule has 0 bridgehead atoms. The predicted molar refractivity (Wildman–Crippen MR) is 112 cm³/mol. The van der Waals surface area contributed by atoms with Gasteiger partial charge in [-0.15, -0.1) is 0 Å². The molecule has 1 aliphatic heterocycles. The molecule has 0 saturated heterocycles. The quantitative estimate of drug-likeness (QED) is 0.509. The average molecular weight is 397 g/mol. The fraction of sp³-hybridized carbons (Fsp3) is 0.750. The van der Waals surface area contributed by atoms with E-state index in [1.54, 1.807) is 6.92 Å². The Hall–Kier alpha value is -1.78. The van der Waals surface area contributed by atoms with Crippen molar-refractivity contribution in [3.05, 3.63) is 11.6 Å². The normalized spacial score (nSPS) is 47.3. The van der Waals surface area contributed by atoms with Crippen LogP contribution in [0.5, 0.6) is 0 Å². The topological polar surface area (TPSA) is 68.1 Å². The lowest BCUT2D eigenvalue weighted by Gasteiger charge is -2.58. The van der Waals surface area contributed by atoms with Gasteiger partial charge in [0.25, 0.3) is 0 Å². The summed E-state index contributed by atoms with van der Waals surface area (Å²) < 4.78 is 5.55. The standard InChI is InChI=1S/C24H32N2O3/c1-14(27)24-13-25-26-21(24)12-20-18-6-5-16-11-17(29-15(2)28)7-9-22(16,3)19(18)8-10-23(20,24)4/h5,13,17-20H,6-12H2,1-4H3/t17-,18+,19-,20-,22-,23-,24-/m0/s1. The van der Waals surface area contributed by atoms with E-state index in [1.165, 1.54) is 12.5 Å². The molecule has 0 amide bonds. The van der Waals surface area contributed by atoms with E-state index in [2.05, 4.69) is 30.1 Å². The molecule has 4 aliphatic carbocycles. The Kier molecular flexibility index (Phi) is 4.05. The number of ketones is 1. The van der Waals surface area contributed by atoms with Crippen LogP contribution < -0.4 is 0 Å². The number of allylic oxidation sites excluding steroid dienone is 1. The fourth-order valence-corrected chi connectivity index (χ4v) is 8.07. The van der Waals surface area contributed by atoms with Crippen LogP contribution in [0.1, 0.15) is 72.6 Å². The zero-order valence-corrected chi connectivity index (χ0v) is 18.0. The molecule has 0 spiro atoms. The molecular weight excluding hydrogens is 364 g/mol. The smallest absolute Gasteiger partial charge is 0.302 e. The summed E-state index contributed by atoms with van der Waals surface area (Å²) in [6.07, 6.45) is 11.5. The van der Waals surface area contributed by atoms with E-state index < -0.39 is 5.41 Å². The summed E-state index contributed by atoms with van der Waals surface area (Å²) >= 11 is 0. The number of rotatable bonds is 2. The van der Waals surface area contributed by atoms with Crippen LogP contribution in [0, 0.1) is 34.0 Å². The summed E-state index contributed by atoms with van der Waals surface area (Å²) in [6.45, 7) is 8.00. The third-order valence-corrected chi connectivity index (χ3v) is 9.54. The highest BCUT2D eigenvalue weighted by atomic mass is 16.5. The van der Waals surface area contributed by atoms with Crippen LogP contribution in [-0.4, -0.2) is 29.8 Å². The van der Waals surface area contributed by atoms with Crippen molar-refractivity contribution in [3.63, 3.8) is 0 Å². The molecule has 5 rings (SSSR count). The maximum atomic E-state index is 12.9. The highest BCUT2D eigenvalue weighted by Gasteiger charge is 2.69. The van der Waals surface area contributed by atoms with Crippen molar-refractivity contribution in [3.8, 4) is 0 Å². The summed E-state index contributed by atoms with van der Waals surface area (Å²) in [7, 11) is 0. The van der Waals surface area contributed by atoms with Crippen LogP contribution in [0.15, 0.2) is 21.9 Å². The van der Waals surface area contributed by atoms with E-state index in [-0.39, 0.29) is 28.7 Å². The first-order chi connectivity index (χ1) is 13.7. The van der Waals surface area contributed by atoms with Gasteiger partial charge in [0.1, 0.15) is 17.3 Å². The molecule has 7 atom stereocenters. The molecule has 3 saturated carbocycles. The highest BCUT2D eigenvalue weighted by Crippen LogP contribution is 2.69. The molecule has 3 fully saturated rings. The molecule has 5 aliphatic rings. The third-order valence-electron chi connectivity index (χ3n) is 9.54. The molecule has 0 aromatic carbocycles. The Bertz CT molecular complexity index is 873. The van der Waals surface area contributed by atoms with E-state index in [4.69, 9.17) is 4.74 Å². The molecule has 0 radical (unpaired) electrons. The van der Waals surface area contributed by atoms with Gasteiger partial charge >= 0.3 is 5.97 Å². The predicted octanol–water partition coefficient (Wildman–Crippen LogP) is 4.51. The number of ether oxygens (including phenoxy) is 1. The van der Waals surface area contributed by atoms with Gasteiger partial charge < -0.3 is 4.74 Å². The third kappa shape index (κ3) is 2.33. The summed E-state index contributed by atoms with van der Waals surface area (Å²) in [5.41, 5.74) is 2.06. The molecule has 0 N–H and O–H groups in total. The van der Waals surface area contributed by atoms with E-state index in [0.717, 1.165) is 50.7 Å². The second-order valence-corrected chi connectivity index (χ2v) is 10.5. The van der Waals surface area contributed by atoms with Gasteiger partial charge in [-0.25, -0.2) is 0 Å². The summed E-state index contributed by atoms with van der Waals surface area (Å²) in [5, 5.41) is 8.64. The minimum atomic E-state index is -0.569. The second kappa shape index (κ2) is 6.12. The van der Waals surface area contributed by atoms with Gasteiger partial charge in [0.15, 0.2) is 0 Å². The van der Waals surface area contributed by atoms with Crippen molar-refractivity contribution in [2.75, 3.05) is 0 Å². The molecule has 5 heteroatoms. The number of hydrogen-bond donors (Lipinski definition) is 0. The van der Waals surface area contributed by atoms with Gasteiger partial charge in [0.05, 0.1) is 5.71 Å². The van der Waals surface area contributed by atoms with Crippen LogP contribution in [0.25, 0.3) is 0 Å². The number of esters is 1. The SMILES string of the molecule is CC(=O)O[C@H]1CC[C@@]2(C)C(=CC[C@@H]3[C@@H]2CC[C@@]2(C)[C@H]3CC3=NN=C[C@]32C(C)=O)C1. The van der Waals surface area contributed by atoms with Crippen molar-refractivity contribution in [1.82, 2.24) is 0 Å². The van der Waals surface area contributed by atoms with E-state index in [0.29, 0.717) is 17.8 Å². The fourth-order valence-electron chi connectivity index (χ4n) is 8.07. The molecule has 156 valence electrons. The average Bonchev–Trinajstić information content (AvgIpc) is 3.18. The number of fused-ring (bicyclic) bond motifs is 7. The van der Waals surface area contributed by atoms with Crippen molar-refractivity contribution in [2.45, 2.75) is 78.7 Å². The summed E-state index contributed by atoms with van der Waals surface area (Å²) in [5.74, 6) is 1.75. The summed E-state index contributed by atoms with van der Waals surface area (Å²) in [6, 6.07) is 0. The lowest BCUT2D eigenvalue weighted by molar-refractivity contribution is -0.149. The largest absolute Gasteiger partial charge is 0.462 e. The maximum Gasteiger partial charge on any atom is 0.302 e. The molecule has 0 aromatic heterocycles. The van der Waals surface area contributed by atoms with Crippen LogP contribution in [0.4, 0.5) is 0 Å². The molecule has 1 heterocycles. The zero-order valence-electron chi connectivity index (χ0n) is 18.0. The second-order valence-electron chi connectivity index (χ2n) is 10.5. The van der Waals surface area contributed by atoms with Gasteiger partial charge in [0, 0.05) is 19.6 Å². The van der Waals surface area contributed by atoms with Crippen molar-refractivity contribution in [1.29, 1.82) is 0 Å². The van der Waals surface area contributed by atoms with Gasteiger partial charge in [0.2, 0.25) is 0 Å². The first-order valence-corrected chi connectivity index (χ1v) is 11.2. The zero-order chi connectivity index (χ0) is 20.6. The van der Waals surface area contributed by atoms with Crippen LogP contribution >= 0.6 is 0 Å². The Balaban J connectivity index is 1.47. The molecular formula is C24H32N2O3. The van der Waals surface area contributed by atoms with E-state index in [9.17, 15) is 9.59 Å². The summed E-state index contributed by atoms with van der Waals surface area (Å²) in [4.78, 5) is 24.3. The molecule has 29 heavy (non-hydrogen) atoms. The maximum absolute atomic E-state index is 12.9.